The third kappa shape index (κ3) is 4.18. The number of hydrogen-bond donors (Lipinski definition) is 0. The Morgan fingerprint density at radius 1 is 0.885 bits per heavy atom. The van der Waals surface area contributed by atoms with Crippen LogP contribution < -0.4 is 0 Å². The van der Waals surface area contributed by atoms with Crippen molar-refractivity contribution < 1.29 is 0 Å². The first-order valence-corrected chi connectivity index (χ1v) is 9.19. The summed E-state index contributed by atoms with van der Waals surface area (Å²) in [6, 6.07) is 23.4. The number of hydrogen-bond acceptors (Lipinski definition) is 1. The fourth-order valence-corrected chi connectivity index (χ4v) is 3.01. The van der Waals surface area contributed by atoms with E-state index in [2.05, 4.69) is 92.7 Å². The van der Waals surface area contributed by atoms with Crippen LogP contribution in [0.4, 0.5) is 0 Å². The highest BCUT2D eigenvalue weighted by molar-refractivity contribution is 5.79. The Hall–Kier alpha value is -2.93. The molecule has 0 amide bonds. The van der Waals surface area contributed by atoms with Gasteiger partial charge in [-0.15, -0.1) is 0 Å². The molecule has 3 aromatic rings. The Kier molecular flexibility index (Phi) is 5.80. The van der Waals surface area contributed by atoms with Gasteiger partial charge in [0.05, 0.1) is 11.4 Å². The number of aryl methyl sites for hydroxylation is 1. The second-order valence-corrected chi connectivity index (χ2v) is 6.43. The third-order valence-electron chi connectivity index (χ3n) is 4.35. The number of pyridine rings is 1. The van der Waals surface area contributed by atoms with E-state index >= 15 is 0 Å². The normalized spacial score (nSPS) is 11.9. The molecule has 1 nitrogen and oxygen atoms in total. The SMILES string of the molecule is C/C=C\C(=C/CC)c1cc(-c2ccc(C)cc2)cc(-c2ccccc2)n1. The molecule has 26 heavy (non-hydrogen) atoms. The van der Waals surface area contributed by atoms with E-state index in [1.807, 2.05) is 13.0 Å². The van der Waals surface area contributed by atoms with Crippen molar-refractivity contribution in [2.45, 2.75) is 27.2 Å². The van der Waals surface area contributed by atoms with Crippen LogP contribution in [0.1, 0.15) is 31.5 Å². The van der Waals surface area contributed by atoms with Gasteiger partial charge in [-0.3, -0.25) is 0 Å². The number of rotatable bonds is 5. The van der Waals surface area contributed by atoms with Crippen LogP contribution in [0.15, 0.2) is 85.0 Å². The molecule has 0 atom stereocenters. The van der Waals surface area contributed by atoms with Crippen LogP contribution in [0, 0.1) is 6.92 Å². The summed E-state index contributed by atoms with van der Waals surface area (Å²) in [6.45, 7) is 6.32. The van der Waals surface area contributed by atoms with Crippen molar-refractivity contribution in [2.75, 3.05) is 0 Å². The molecule has 130 valence electrons. The number of allylic oxidation sites excluding steroid dienone is 4. The zero-order valence-corrected chi connectivity index (χ0v) is 15.7. The summed E-state index contributed by atoms with van der Waals surface area (Å²) in [5.74, 6) is 0. The average Bonchev–Trinajstić information content (AvgIpc) is 2.69. The van der Waals surface area contributed by atoms with Crippen molar-refractivity contribution in [3.63, 3.8) is 0 Å². The molecule has 0 aliphatic rings. The maximum absolute atomic E-state index is 4.96. The van der Waals surface area contributed by atoms with Gasteiger partial charge in [-0.2, -0.15) is 0 Å². The molecule has 1 aromatic heterocycles. The van der Waals surface area contributed by atoms with Crippen LogP contribution in [-0.4, -0.2) is 4.98 Å². The van der Waals surface area contributed by atoms with Gasteiger partial charge >= 0.3 is 0 Å². The van der Waals surface area contributed by atoms with Gasteiger partial charge in [-0.25, -0.2) is 4.98 Å². The van der Waals surface area contributed by atoms with Gasteiger partial charge in [0.1, 0.15) is 0 Å². The minimum absolute atomic E-state index is 0.983. The zero-order chi connectivity index (χ0) is 18.4. The molecule has 0 N–H and O–H groups in total. The van der Waals surface area contributed by atoms with E-state index in [4.69, 9.17) is 4.98 Å². The van der Waals surface area contributed by atoms with E-state index < -0.39 is 0 Å². The Morgan fingerprint density at radius 2 is 1.62 bits per heavy atom. The van der Waals surface area contributed by atoms with Crippen LogP contribution in [-0.2, 0) is 0 Å². The Bertz CT molecular complexity index is 916. The highest BCUT2D eigenvalue weighted by Crippen LogP contribution is 2.29. The number of nitrogens with zero attached hydrogens (tertiary/aromatic N) is 1. The average molecular weight is 339 g/mol. The molecule has 0 aliphatic heterocycles. The first-order chi connectivity index (χ1) is 12.7. The zero-order valence-electron chi connectivity index (χ0n) is 15.7. The number of benzene rings is 2. The molecule has 0 unspecified atom stereocenters. The van der Waals surface area contributed by atoms with Crippen molar-refractivity contribution in [1.29, 1.82) is 0 Å². The number of aromatic nitrogens is 1. The summed E-state index contributed by atoms with van der Waals surface area (Å²) >= 11 is 0. The van der Waals surface area contributed by atoms with E-state index in [9.17, 15) is 0 Å². The van der Waals surface area contributed by atoms with Gasteiger partial charge in [0, 0.05) is 5.56 Å². The van der Waals surface area contributed by atoms with Crippen molar-refractivity contribution in [1.82, 2.24) is 4.98 Å². The smallest absolute Gasteiger partial charge is 0.0715 e. The molecule has 0 aliphatic carbocycles. The van der Waals surface area contributed by atoms with Crippen LogP contribution in [0.2, 0.25) is 0 Å². The fourth-order valence-electron chi connectivity index (χ4n) is 3.01. The minimum Gasteiger partial charge on any atom is -0.248 e. The lowest BCUT2D eigenvalue weighted by atomic mass is 9.99. The van der Waals surface area contributed by atoms with Crippen molar-refractivity contribution in [2.24, 2.45) is 0 Å². The Balaban J connectivity index is 2.19. The molecule has 2 aromatic carbocycles. The van der Waals surface area contributed by atoms with E-state index in [1.165, 1.54) is 22.3 Å². The molecular formula is C25H25N. The van der Waals surface area contributed by atoms with Gasteiger partial charge in [0.15, 0.2) is 0 Å². The van der Waals surface area contributed by atoms with Gasteiger partial charge < -0.3 is 0 Å². The van der Waals surface area contributed by atoms with Crippen LogP contribution in [0.5, 0.6) is 0 Å². The maximum atomic E-state index is 4.96. The Morgan fingerprint density at radius 3 is 2.27 bits per heavy atom. The van der Waals surface area contributed by atoms with E-state index in [0.29, 0.717) is 0 Å². The standard InChI is InChI=1S/C25H25N/c1-4-9-21(10-5-2)24-17-23(20-15-13-19(3)14-16-20)18-25(26-24)22-11-7-6-8-12-22/h4,6-18H,5H2,1-3H3/b9-4-,21-10+. The summed E-state index contributed by atoms with van der Waals surface area (Å²) < 4.78 is 0. The molecule has 0 saturated carbocycles. The lowest BCUT2D eigenvalue weighted by molar-refractivity contribution is 1.21. The van der Waals surface area contributed by atoms with E-state index in [-0.39, 0.29) is 0 Å². The first kappa shape index (κ1) is 17.9. The third-order valence-corrected chi connectivity index (χ3v) is 4.35. The molecule has 0 saturated heterocycles. The van der Waals surface area contributed by atoms with Gasteiger partial charge in [0.25, 0.3) is 0 Å². The Labute approximate surface area is 156 Å². The predicted octanol–water partition coefficient (Wildman–Crippen LogP) is 7.09. The molecule has 1 heteroatoms. The van der Waals surface area contributed by atoms with Crippen LogP contribution in [0.25, 0.3) is 28.0 Å². The summed E-state index contributed by atoms with van der Waals surface area (Å²) in [5, 5.41) is 0. The highest BCUT2D eigenvalue weighted by atomic mass is 14.7. The van der Waals surface area contributed by atoms with Gasteiger partial charge in [-0.05, 0) is 49.1 Å². The van der Waals surface area contributed by atoms with E-state index in [0.717, 1.165) is 23.4 Å². The predicted molar refractivity (Wildman–Crippen MR) is 113 cm³/mol. The largest absolute Gasteiger partial charge is 0.248 e. The van der Waals surface area contributed by atoms with Crippen molar-refractivity contribution >= 4 is 5.57 Å². The summed E-state index contributed by atoms with van der Waals surface area (Å²) in [7, 11) is 0. The van der Waals surface area contributed by atoms with E-state index in [1.54, 1.807) is 0 Å². The molecule has 0 bridgehead atoms. The molecule has 0 fully saturated rings. The van der Waals surface area contributed by atoms with Crippen molar-refractivity contribution in [3.05, 3.63) is 96.2 Å². The molecule has 0 spiro atoms. The van der Waals surface area contributed by atoms with Gasteiger partial charge in [0.2, 0.25) is 0 Å². The lowest BCUT2D eigenvalue weighted by Gasteiger charge is -2.11. The topological polar surface area (TPSA) is 12.9 Å². The first-order valence-electron chi connectivity index (χ1n) is 9.19. The molecule has 1 heterocycles. The van der Waals surface area contributed by atoms with Crippen LogP contribution in [0.3, 0.4) is 0 Å². The second-order valence-electron chi connectivity index (χ2n) is 6.43. The summed E-state index contributed by atoms with van der Waals surface area (Å²) in [4.78, 5) is 4.96. The molecule has 0 radical (unpaired) electrons. The maximum Gasteiger partial charge on any atom is 0.0715 e. The van der Waals surface area contributed by atoms with Crippen LogP contribution >= 0.6 is 0 Å². The second kappa shape index (κ2) is 8.44. The monoisotopic (exact) mass is 339 g/mol. The quantitative estimate of drug-likeness (QED) is 0.452. The molecular weight excluding hydrogens is 314 g/mol. The van der Waals surface area contributed by atoms with Crippen molar-refractivity contribution in [3.8, 4) is 22.4 Å². The van der Waals surface area contributed by atoms with Gasteiger partial charge in [-0.1, -0.05) is 85.3 Å². The highest BCUT2D eigenvalue weighted by Gasteiger charge is 2.09. The minimum atomic E-state index is 0.983. The summed E-state index contributed by atoms with van der Waals surface area (Å²) in [5.41, 5.74) is 8.01. The lowest BCUT2D eigenvalue weighted by Crippen LogP contribution is -1.94. The molecule has 3 rings (SSSR count). The summed E-state index contributed by atoms with van der Waals surface area (Å²) in [6.07, 6.45) is 7.43. The fraction of sp³-hybridized carbons (Fsp3) is 0.160.